The topological polar surface area (TPSA) is 87.6 Å². The minimum absolute atomic E-state index is 0.358. The Morgan fingerprint density at radius 1 is 0.781 bits per heavy atom. The van der Waals surface area contributed by atoms with Crippen LogP contribution < -0.4 is 24.3 Å². The van der Waals surface area contributed by atoms with Crippen molar-refractivity contribution in [3.05, 3.63) is 61.2 Å². The van der Waals surface area contributed by atoms with Gasteiger partial charge in [0.15, 0.2) is 17.3 Å². The maximum Gasteiger partial charge on any atom is 0.239 e. The van der Waals surface area contributed by atoms with Gasteiger partial charge < -0.3 is 24.3 Å². The minimum Gasteiger partial charge on any atom is -0.493 e. The number of nitrogens with zero attached hydrogens (tertiary/aromatic N) is 3. The van der Waals surface area contributed by atoms with Crippen molar-refractivity contribution >= 4 is 22.3 Å². The molecular weight excluding hydrogens is 408 g/mol. The van der Waals surface area contributed by atoms with Crippen molar-refractivity contribution in [1.29, 1.82) is 0 Å². The van der Waals surface area contributed by atoms with E-state index in [1.165, 1.54) is 0 Å². The van der Waals surface area contributed by atoms with Crippen LogP contribution in [-0.2, 0) is 0 Å². The Balaban J connectivity index is 0.00000141. The molecule has 8 heteroatoms. The molecule has 0 aliphatic heterocycles. The Bertz CT molecular complexity index is 1150. The average Bonchev–Trinajstić information content (AvgIpc) is 2.85. The van der Waals surface area contributed by atoms with Gasteiger partial charge in [0.05, 0.1) is 33.7 Å². The predicted molar refractivity (Wildman–Crippen MR) is 125 cm³/mol. The highest BCUT2D eigenvalue weighted by Gasteiger charge is 2.14. The molecule has 0 atom stereocenters. The lowest BCUT2D eigenvalue weighted by Crippen LogP contribution is -2.00. The van der Waals surface area contributed by atoms with E-state index in [1.54, 1.807) is 58.2 Å². The molecule has 4 aromatic rings. The number of rotatable bonds is 7. The molecule has 0 bridgehead atoms. The number of anilines is 2. The van der Waals surface area contributed by atoms with Crippen LogP contribution in [0.25, 0.3) is 10.8 Å². The van der Waals surface area contributed by atoms with Crippen LogP contribution >= 0.6 is 0 Å². The van der Waals surface area contributed by atoms with E-state index in [4.69, 9.17) is 18.9 Å². The molecule has 166 valence electrons. The third-order valence-corrected chi connectivity index (χ3v) is 4.40. The zero-order chi connectivity index (χ0) is 22.9. The van der Waals surface area contributed by atoms with Crippen LogP contribution in [0.2, 0.25) is 0 Å². The summed E-state index contributed by atoms with van der Waals surface area (Å²) < 4.78 is 22.1. The van der Waals surface area contributed by atoms with Crippen molar-refractivity contribution in [2.24, 2.45) is 0 Å². The number of ether oxygens (including phenoxy) is 4. The van der Waals surface area contributed by atoms with E-state index in [0.717, 1.165) is 10.8 Å². The van der Waals surface area contributed by atoms with Gasteiger partial charge in [0.25, 0.3) is 0 Å². The van der Waals surface area contributed by atoms with Gasteiger partial charge >= 0.3 is 0 Å². The Morgan fingerprint density at radius 2 is 1.53 bits per heavy atom. The summed E-state index contributed by atoms with van der Waals surface area (Å²) in [5.74, 6) is 3.11. The van der Waals surface area contributed by atoms with E-state index in [-0.39, 0.29) is 0 Å². The van der Waals surface area contributed by atoms with Crippen LogP contribution in [0, 0.1) is 0 Å². The number of hydrogen-bond acceptors (Lipinski definition) is 8. The molecule has 32 heavy (non-hydrogen) atoms. The number of benzene rings is 2. The van der Waals surface area contributed by atoms with Crippen LogP contribution in [0.15, 0.2) is 61.2 Å². The molecule has 0 unspecified atom stereocenters. The van der Waals surface area contributed by atoms with E-state index in [9.17, 15) is 0 Å². The van der Waals surface area contributed by atoms with E-state index < -0.39 is 0 Å². The lowest BCUT2D eigenvalue weighted by Gasteiger charge is -2.15. The summed E-state index contributed by atoms with van der Waals surface area (Å²) in [5, 5.41) is 5.11. The number of methoxy groups -OCH3 is 3. The summed E-state index contributed by atoms with van der Waals surface area (Å²) in [5.41, 5.74) is 0.701. The first-order valence-electron chi connectivity index (χ1n) is 10.1. The van der Waals surface area contributed by atoms with Crippen LogP contribution in [0.4, 0.5) is 11.5 Å². The maximum atomic E-state index is 5.99. The van der Waals surface area contributed by atoms with E-state index in [1.807, 2.05) is 38.1 Å². The highest BCUT2D eigenvalue weighted by molar-refractivity contribution is 5.87. The second kappa shape index (κ2) is 10.8. The number of fused-ring (bicyclic) bond motifs is 1. The van der Waals surface area contributed by atoms with Gasteiger partial charge in [0, 0.05) is 41.0 Å². The first-order chi connectivity index (χ1) is 15.7. The number of nitrogens with one attached hydrogen (secondary N) is 1. The molecule has 0 aliphatic carbocycles. The summed E-state index contributed by atoms with van der Waals surface area (Å²) in [6.45, 7) is 4.00. The molecular formula is C24H26N4O4. The third kappa shape index (κ3) is 4.97. The highest BCUT2D eigenvalue weighted by atomic mass is 16.5. The molecule has 0 fully saturated rings. The maximum absolute atomic E-state index is 5.99. The van der Waals surface area contributed by atoms with Gasteiger partial charge in [0.2, 0.25) is 11.6 Å². The average molecular weight is 434 g/mol. The fourth-order valence-electron chi connectivity index (χ4n) is 3.05. The summed E-state index contributed by atoms with van der Waals surface area (Å²) >= 11 is 0. The largest absolute Gasteiger partial charge is 0.493 e. The molecule has 0 amide bonds. The lowest BCUT2D eigenvalue weighted by atomic mass is 10.1. The lowest BCUT2D eigenvalue weighted by molar-refractivity contribution is 0.324. The molecule has 8 nitrogen and oxygen atoms in total. The molecule has 1 N–H and O–H groups in total. The van der Waals surface area contributed by atoms with Crippen molar-refractivity contribution in [3.63, 3.8) is 0 Å². The molecule has 4 rings (SSSR count). The van der Waals surface area contributed by atoms with Crippen LogP contribution in [0.1, 0.15) is 13.8 Å². The van der Waals surface area contributed by atoms with Gasteiger partial charge in [-0.2, -0.15) is 4.98 Å². The van der Waals surface area contributed by atoms with Gasteiger partial charge in [-0.1, -0.05) is 26.0 Å². The molecule has 0 aliphatic rings. The fourth-order valence-corrected chi connectivity index (χ4v) is 3.05. The summed E-state index contributed by atoms with van der Waals surface area (Å²) in [4.78, 5) is 12.9. The molecule has 0 radical (unpaired) electrons. The van der Waals surface area contributed by atoms with Gasteiger partial charge in [-0.3, -0.25) is 9.97 Å². The van der Waals surface area contributed by atoms with Crippen molar-refractivity contribution < 1.29 is 18.9 Å². The first kappa shape index (κ1) is 22.6. The molecule has 2 aromatic carbocycles. The predicted octanol–water partition coefficient (Wildman–Crippen LogP) is 5.61. The molecule has 0 saturated heterocycles. The zero-order valence-electron chi connectivity index (χ0n) is 18.7. The second-order valence-electron chi connectivity index (χ2n) is 6.24. The Labute approximate surface area is 187 Å². The normalized spacial score (nSPS) is 10.0. The monoisotopic (exact) mass is 434 g/mol. The van der Waals surface area contributed by atoms with Gasteiger partial charge in [-0.25, -0.2) is 0 Å². The number of hydrogen-bond donors (Lipinski definition) is 1. The van der Waals surface area contributed by atoms with Gasteiger partial charge in [0.1, 0.15) is 5.75 Å². The highest BCUT2D eigenvalue weighted by Crippen LogP contribution is 2.40. The van der Waals surface area contributed by atoms with E-state index >= 15 is 0 Å². The van der Waals surface area contributed by atoms with Crippen molar-refractivity contribution in [3.8, 4) is 28.9 Å². The standard InChI is InChI=1S/C22H20N4O4.C2H6/c1-27-18-9-15(10-19(28-2)22(18)29-3)25-20-12-24-13-21(26-20)30-17-6-4-5-14-11-23-8-7-16(14)17;1-2/h4-13H,1-3H3,(H,25,26);1-2H3. The molecule has 0 spiro atoms. The SMILES string of the molecule is CC.COc1cc(Nc2cncc(Oc3cccc4cnccc34)n2)cc(OC)c1OC. The first-order valence-corrected chi connectivity index (χ1v) is 10.1. The van der Waals surface area contributed by atoms with Crippen LogP contribution in [0.3, 0.4) is 0 Å². The van der Waals surface area contributed by atoms with Gasteiger partial charge in [-0.15, -0.1) is 0 Å². The number of aromatic nitrogens is 3. The summed E-state index contributed by atoms with van der Waals surface area (Å²) in [6.07, 6.45) is 6.67. The van der Waals surface area contributed by atoms with E-state index in [2.05, 4.69) is 20.3 Å². The minimum atomic E-state index is 0.358. The van der Waals surface area contributed by atoms with Crippen molar-refractivity contribution in [2.45, 2.75) is 13.8 Å². The van der Waals surface area contributed by atoms with Crippen LogP contribution in [0.5, 0.6) is 28.9 Å². The fraction of sp³-hybridized carbons (Fsp3) is 0.208. The quantitative estimate of drug-likeness (QED) is 0.401. The molecule has 2 heterocycles. The zero-order valence-corrected chi connectivity index (χ0v) is 18.7. The van der Waals surface area contributed by atoms with Crippen molar-refractivity contribution in [2.75, 3.05) is 26.6 Å². The number of pyridine rings is 1. The van der Waals surface area contributed by atoms with E-state index in [0.29, 0.717) is 40.4 Å². The second-order valence-corrected chi connectivity index (χ2v) is 6.24. The summed E-state index contributed by atoms with van der Waals surface area (Å²) in [6, 6.07) is 11.2. The Morgan fingerprint density at radius 3 is 2.22 bits per heavy atom. The molecule has 2 aromatic heterocycles. The van der Waals surface area contributed by atoms with Crippen LogP contribution in [-0.4, -0.2) is 36.3 Å². The Hall–Kier alpha value is -4.07. The van der Waals surface area contributed by atoms with Crippen molar-refractivity contribution in [1.82, 2.24) is 15.0 Å². The third-order valence-electron chi connectivity index (χ3n) is 4.40. The summed E-state index contributed by atoms with van der Waals surface area (Å²) in [7, 11) is 4.69. The van der Waals surface area contributed by atoms with Gasteiger partial charge in [-0.05, 0) is 12.1 Å². The molecule has 0 saturated carbocycles. The Kier molecular flexibility index (Phi) is 7.64. The smallest absolute Gasteiger partial charge is 0.239 e.